The maximum atomic E-state index is 6.04. The Morgan fingerprint density at radius 2 is 2.00 bits per heavy atom. The van der Waals surface area contributed by atoms with E-state index < -0.39 is 0 Å². The zero-order valence-electron chi connectivity index (χ0n) is 10.5. The van der Waals surface area contributed by atoms with Gasteiger partial charge in [-0.1, -0.05) is 31.9 Å². The molecular weight excluding hydrogens is 222 g/mol. The third-order valence-corrected chi connectivity index (χ3v) is 2.90. The lowest BCUT2D eigenvalue weighted by Crippen LogP contribution is -2.31. The third kappa shape index (κ3) is 3.34. The number of nitrogens with one attached hydrogen (secondary N) is 1. The Morgan fingerprint density at radius 1 is 1.31 bits per heavy atom. The lowest BCUT2D eigenvalue weighted by molar-refractivity contribution is 0.508. The van der Waals surface area contributed by atoms with E-state index >= 15 is 0 Å². The van der Waals surface area contributed by atoms with Crippen molar-refractivity contribution in [1.29, 1.82) is 0 Å². The van der Waals surface area contributed by atoms with Gasteiger partial charge >= 0.3 is 0 Å². The molecule has 1 heterocycles. The molecule has 0 aliphatic carbocycles. The number of nitrogens with zero attached hydrogens (tertiary/aromatic N) is 2. The predicted octanol–water partition coefficient (Wildman–Crippen LogP) is 3.68. The zero-order chi connectivity index (χ0) is 12.2. The van der Waals surface area contributed by atoms with E-state index in [4.69, 9.17) is 11.6 Å². The molecule has 4 heteroatoms. The minimum absolute atomic E-state index is 0.0380. The first-order valence-electron chi connectivity index (χ1n) is 5.77. The Morgan fingerprint density at radius 3 is 2.56 bits per heavy atom. The Labute approximate surface area is 103 Å². The lowest BCUT2D eigenvalue weighted by atomic mass is 9.98. The van der Waals surface area contributed by atoms with Crippen molar-refractivity contribution in [3.63, 3.8) is 0 Å². The largest absolute Gasteiger partial charge is 0.365 e. The third-order valence-electron chi connectivity index (χ3n) is 2.58. The molecule has 0 atom stereocenters. The molecule has 0 fully saturated rings. The van der Waals surface area contributed by atoms with Gasteiger partial charge in [0.15, 0.2) is 0 Å². The molecule has 16 heavy (non-hydrogen) atoms. The first-order valence-corrected chi connectivity index (χ1v) is 6.15. The summed E-state index contributed by atoms with van der Waals surface area (Å²) in [5.41, 5.74) is 1.03. The van der Waals surface area contributed by atoms with Crippen LogP contribution >= 0.6 is 11.6 Å². The molecule has 1 N–H and O–H groups in total. The summed E-state index contributed by atoms with van der Waals surface area (Å²) in [4.78, 5) is 8.27. The monoisotopic (exact) mass is 241 g/mol. The molecule has 0 aromatic carbocycles. The number of rotatable bonds is 5. The van der Waals surface area contributed by atoms with Crippen LogP contribution in [0.5, 0.6) is 0 Å². The summed E-state index contributed by atoms with van der Waals surface area (Å²) in [6.45, 7) is 8.58. The van der Waals surface area contributed by atoms with Gasteiger partial charge in [-0.25, -0.2) is 9.97 Å². The quantitative estimate of drug-likeness (QED) is 0.800. The van der Waals surface area contributed by atoms with Crippen LogP contribution in [0.1, 0.15) is 46.1 Å². The second kappa shape index (κ2) is 5.48. The van der Waals surface area contributed by atoms with Crippen molar-refractivity contribution in [2.45, 2.75) is 52.5 Å². The van der Waals surface area contributed by atoms with E-state index in [-0.39, 0.29) is 5.54 Å². The molecule has 0 aliphatic rings. The van der Waals surface area contributed by atoms with E-state index in [0.717, 1.165) is 30.6 Å². The highest BCUT2D eigenvalue weighted by Gasteiger charge is 2.19. The minimum atomic E-state index is 0.0380. The summed E-state index contributed by atoms with van der Waals surface area (Å²) in [5.74, 6) is 0.862. The van der Waals surface area contributed by atoms with E-state index in [2.05, 4.69) is 43.0 Å². The van der Waals surface area contributed by atoms with Crippen LogP contribution in [0.4, 0.5) is 5.82 Å². The Balaban J connectivity index is 2.92. The van der Waals surface area contributed by atoms with Crippen LogP contribution in [0.3, 0.4) is 0 Å². The van der Waals surface area contributed by atoms with Crippen molar-refractivity contribution in [1.82, 2.24) is 9.97 Å². The van der Waals surface area contributed by atoms with E-state index in [1.165, 1.54) is 6.33 Å². The van der Waals surface area contributed by atoms with Gasteiger partial charge in [-0.3, -0.25) is 0 Å². The van der Waals surface area contributed by atoms with Crippen molar-refractivity contribution in [2.24, 2.45) is 0 Å². The van der Waals surface area contributed by atoms with Crippen LogP contribution in [0.2, 0.25) is 5.15 Å². The van der Waals surface area contributed by atoms with Crippen molar-refractivity contribution in [3.8, 4) is 0 Å². The molecular formula is C12H20ClN3. The number of halogens is 1. The molecule has 0 amide bonds. The summed E-state index contributed by atoms with van der Waals surface area (Å²) in [6.07, 6.45) is 4.58. The van der Waals surface area contributed by atoms with Gasteiger partial charge in [0.25, 0.3) is 0 Å². The number of hydrogen-bond donors (Lipinski definition) is 1. The summed E-state index contributed by atoms with van der Waals surface area (Å²) in [6, 6.07) is 0. The lowest BCUT2D eigenvalue weighted by Gasteiger charge is -2.27. The van der Waals surface area contributed by atoms with Crippen molar-refractivity contribution in [3.05, 3.63) is 17.0 Å². The molecule has 0 radical (unpaired) electrons. The van der Waals surface area contributed by atoms with E-state index in [0.29, 0.717) is 5.15 Å². The predicted molar refractivity (Wildman–Crippen MR) is 69.0 cm³/mol. The van der Waals surface area contributed by atoms with Gasteiger partial charge in [-0.2, -0.15) is 0 Å². The average molecular weight is 242 g/mol. The normalized spacial score (nSPS) is 11.6. The fraction of sp³-hybridized carbons (Fsp3) is 0.667. The van der Waals surface area contributed by atoms with Gasteiger partial charge in [0, 0.05) is 11.1 Å². The Hall–Kier alpha value is -0.830. The number of anilines is 1. The van der Waals surface area contributed by atoms with Crippen LogP contribution < -0.4 is 5.32 Å². The minimum Gasteiger partial charge on any atom is -0.365 e. The standard InChI is InChI=1S/C12H20ClN3/c1-5-7-12(3,4)16-11-9(6-2)10(13)14-8-15-11/h8H,5-7H2,1-4H3,(H,14,15,16). The summed E-state index contributed by atoms with van der Waals surface area (Å²) < 4.78 is 0. The van der Waals surface area contributed by atoms with E-state index in [1.54, 1.807) is 0 Å². The van der Waals surface area contributed by atoms with Crippen LogP contribution in [-0.2, 0) is 6.42 Å². The number of hydrogen-bond acceptors (Lipinski definition) is 3. The maximum absolute atomic E-state index is 6.04. The zero-order valence-corrected chi connectivity index (χ0v) is 11.2. The molecule has 0 saturated carbocycles. The molecule has 0 bridgehead atoms. The maximum Gasteiger partial charge on any atom is 0.137 e. The molecule has 0 spiro atoms. The molecule has 1 aromatic rings. The van der Waals surface area contributed by atoms with Crippen LogP contribution in [0, 0.1) is 0 Å². The van der Waals surface area contributed by atoms with E-state index in [1.807, 2.05) is 0 Å². The average Bonchev–Trinajstić information content (AvgIpc) is 2.17. The highest BCUT2D eigenvalue weighted by molar-refractivity contribution is 6.30. The molecule has 0 saturated heterocycles. The van der Waals surface area contributed by atoms with Gasteiger partial charge in [-0.05, 0) is 26.7 Å². The SMILES string of the molecule is CCCC(C)(C)Nc1ncnc(Cl)c1CC. The van der Waals surface area contributed by atoms with E-state index in [9.17, 15) is 0 Å². The smallest absolute Gasteiger partial charge is 0.137 e. The summed E-state index contributed by atoms with van der Waals surface area (Å²) >= 11 is 6.04. The molecule has 90 valence electrons. The first-order chi connectivity index (χ1) is 7.50. The molecule has 1 rings (SSSR count). The fourth-order valence-corrected chi connectivity index (χ4v) is 2.09. The van der Waals surface area contributed by atoms with Gasteiger partial charge in [0.1, 0.15) is 17.3 Å². The fourth-order valence-electron chi connectivity index (χ4n) is 1.82. The summed E-state index contributed by atoms with van der Waals surface area (Å²) in [7, 11) is 0. The van der Waals surface area contributed by atoms with Gasteiger partial charge in [0.05, 0.1) is 0 Å². The Bertz CT molecular complexity index is 350. The molecule has 0 aliphatic heterocycles. The van der Waals surface area contributed by atoms with Crippen molar-refractivity contribution >= 4 is 17.4 Å². The second-order valence-electron chi connectivity index (χ2n) is 4.60. The molecule has 0 unspecified atom stereocenters. The van der Waals surface area contributed by atoms with Crippen LogP contribution in [0.15, 0.2) is 6.33 Å². The second-order valence-corrected chi connectivity index (χ2v) is 4.96. The topological polar surface area (TPSA) is 37.8 Å². The van der Waals surface area contributed by atoms with Gasteiger partial charge in [0.2, 0.25) is 0 Å². The molecule has 1 aromatic heterocycles. The van der Waals surface area contributed by atoms with Crippen molar-refractivity contribution < 1.29 is 0 Å². The van der Waals surface area contributed by atoms with Crippen LogP contribution in [0.25, 0.3) is 0 Å². The summed E-state index contributed by atoms with van der Waals surface area (Å²) in [5, 5.41) is 3.99. The highest BCUT2D eigenvalue weighted by Crippen LogP contribution is 2.24. The van der Waals surface area contributed by atoms with Crippen molar-refractivity contribution in [2.75, 3.05) is 5.32 Å². The van der Waals surface area contributed by atoms with Gasteiger partial charge in [-0.15, -0.1) is 0 Å². The molecule has 3 nitrogen and oxygen atoms in total. The first kappa shape index (κ1) is 13.2. The number of aromatic nitrogens is 2. The Kier molecular flexibility index (Phi) is 4.54. The highest BCUT2D eigenvalue weighted by atomic mass is 35.5. The van der Waals surface area contributed by atoms with Crippen LogP contribution in [-0.4, -0.2) is 15.5 Å². The van der Waals surface area contributed by atoms with Gasteiger partial charge < -0.3 is 5.32 Å².